The zero-order valence-electron chi connectivity index (χ0n) is 8.62. The van der Waals surface area contributed by atoms with Crippen LogP contribution in [-0.4, -0.2) is 12.0 Å². The van der Waals surface area contributed by atoms with Crippen molar-refractivity contribution in [2.75, 3.05) is 17.7 Å². The molecule has 1 fully saturated rings. The Balaban J connectivity index is 2.32. The molecule has 0 amide bonds. The van der Waals surface area contributed by atoms with E-state index in [1.54, 1.807) is 0 Å². The molecule has 1 aromatic rings. The second-order valence-corrected chi connectivity index (χ2v) is 5.02. The van der Waals surface area contributed by atoms with Gasteiger partial charge in [-0.3, -0.25) is 0 Å². The van der Waals surface area contributed by atoms with E-state index in [2.05, 4.69) is 18.4 Å². The maximum Gasteiger partial charge on any atom is 0.0352 e. The van der Waals surface area contributed by atoms with Crippen molar-refractivity contribution in [2.24, 2.45) is 0 Å². The van der Waals surface area contributed by atoms with E-state index in [0.29, 0.717) is 5.41 Å². The van der Waals surface area contributed by atoms with Crippen molar-refractivity contribution in [3.63, 3.8) is 0 Å². The minimum absolute atomic E-state index is 0.394. The molecule has 0 atom stereocenters. The fourth-order valence-corrected chi connectivity index (χ4v) is 3.35. The van der Waals surface area contributed by atoms with Crippen LogP contribution in [0, 0.1) is 0 Å². The molecule has 0 saturated heterocycles. The first-order valence-corrected chi connectivity index (χ1v) is 6.52. The highest BCUT2D eigenvalue weighted by Crippen LogP contribution is 2.47. The molecule has 0 unspecified atom stereocenters. The highest BCUT2D eigenvalue weighted by molar-refractivity contribution is 7.98. The maximum absolute atomic E-state index is 6.04. The van der Waals surface area contributed by atoms with Crippen LogP contribution >= 0.6 is 11.8 Å². The first-order valence-electron chi connectivity index (χ1n) is 5.12. The summed E-state index contributed by atoms with van der Waals surface area (Å²) in [6, 6.07) is 8.34. The second-order valence-electron chi connectivity index (χ2n) is 4.15. The normalized spacial score (nSPS) is 18.9. The summed E-state index contributed by atoms with van der Waals surface area (Å²) in [5.74, 6) is 1.21. The Morgan fingerprint density at radius 2 is 2.07 bits per heavy atom. The van der Waals surface area contributed by atoms with Crippen LogP contribution in [-0.2, 0) is 5.41 Å². The van der Waals surface area contributed by atoms with Gasteiger partial charge in [0.1, 0.15) is 0 Å². The molecule has 1 aromatic carbocycles. The SMILES string of the molecule is CSCC1(c2ccccc2N)CCC1. The van der Waals surface area contributed by atoms with Crippen molar-refractivity contribution in [1.29, 1.82) is 0 Å². The minimum Gasteiger partial charge on any atom is -0.398 e. The van der Waals surface area contributed by atoms with E-state index in [9.17, 15) is 0 Å². The van der Waals surface area contributed by atoms with Gasteiger partial charge < -0.3 is 5.73 Å². The van der Waals surface area contributed by atoms with Crippen molar-refractivity contribution in [1.82, 2.24) is 0 Å². The van der Waals surface area contributed by atoms with E-state index in [0.717, 1.165) is 5.69 Å². The molecular formula is C12H17NS. The lowest BCUT2D eigenvalue weighted by molar-refractivity contribution is 0.280. The number of hydrogen-bond donors (Lipinski definition) is 1. The molecule has 14 heavy (non-hydrogen) atoms. The Kier molecular flexibility index (Phi) is 2.73. The predicted molar refractivity (Wildman–Crippen MR) is 64.8 cm³/mol. The van der Waals surface area contributed by atoms with Gasteiger partial charge in [0, 0.05) is 16.9 Å². The third-order valence-electron chi connectivity index (χ3n) is 3.26. The summed E-state index contributed by atoms with van der Waals surface area (Å²) >= 11 is 1.93. The van der Waals surface area contributed by atoms with E-state index in [1.807, 2.05) is 23.9 Å². The van der Waals surface area contributed by atoms with Crippen LogP contribution < -0.4 is 5.73 Å². The third kappa shape index (κ3) is 1.52. The summed E-state index contributed by atoms with van der Waals surface area (Å²) in [4.78, 5) is 0. The van der Waals surface area contributed by atoms with Gasteiger partial charge in [0.15, 0.2) is 0 Å². The van der Waals surface area contributed by atoms with Crippen molar-refractivity contribution >= 4 is 17.4 Å². The Morgan fingerprint density at radius 3 is 2.57 bits per heavy atom. The largest absolute Gasteiger partial charge is 0.398 e. The molecule has 0 aliphatic heterocycles. The first-order chi connectivity index (χ1) is 6.78. The molecule has 2 heteroatoms. The van der Waals surface area contributed by atoms with Crippen molar-refractivity contribution in [3.8, 4) is 0 Å². The zero-order valence-corrected chi connectivity index (χ0v) is 9.44. The fraction of sp³-hybridized carbons (Fsp3) is 0.500. The van der Waals surface area contributed by atoms with Gasteiger partial charge >= 0.3 is 0 Å². The molecule has 0 bridgehead atoms. The molecule has 2 N–H and O–H groups in total. The average molecular weight is 207 g/mol. The summed E-state index contributed by atoms with van der Waals surface area (Å²) in [6.45, 7) is 0. The van der Waals surface area contributed by atoms with E-state index in [4.69, 9.17) is 5.73 Å². The maximum atomic E-state index is 6.04. The summed E-state index contributed by atoms with van der Waals surface area (Å²) in [7, 11) is 0. The van der Waals surface area contributed by atoms with Crippen LogP contribution in [0.2, 0.25) is 0 Å². The van der Waals surface area contributed by atoms with Gasteiger partial charge in [-0.2, -0.15) is 11.8 Å². The van der Waals surface area contributed by atoms with Gasteiger partial charge in [-0.25, -0.2) is 0 Å². The number of thioether (sulfide) groups is 1. The molecule has 2 rings (SSSR count). The minimum atomic E-state index is 0.394. The number of benzene rings is 1. The molecule has 0 aromatic heterocycles. The van der Waals surface area contributed by atoms with Gasteiger partial charge in [-0.15, -0.1) is 0 Å². The van der Waals surface area contributed by atoms with Crippen molar-refractivity contribution in [3.05, 3.63) is 29.8 Å². The third-order valence-corrected chi connectivity index (χ3v) is 4.10. The molecule has 1 aliphatic rings. The smallest absolute Gasteiger partial charge is 0.0352 e. The zero-order chi connectivity index (χ0) is 10.0. The number of rotatable bonds is 3. The van der Waals surface area contributed by atoms with E-state index >= 15 is 0 Å². The van der Waals surface area contributed by atoms with Crippen LogP contribution in [0.5, 0.6) is 0 Å². The number of nitrogens with two attached hydrogens (primary N) is 1. The Morgan fingerprint density at radius 1 is 1.36 bits per heavy atom. The van der Waals surface area contributed by atoms with Gasteiger partial charge in [0.25, 0.3) is 0 Å². The number of para-hydroxylation sites is 1. The lowest BCUT2D eigenvalue weighted by Crippen LogP contribution is -2.37. The molecule has 1 aliphatic carbocycles. The number of nitrogen functional groups attached to an aromatic ring is 1. The van der Waals surface area contributed by atoms with Gasteiger partial charge in [-0.05, 0) is 30.7 Å². The van der Waals surface area contributed by atoms with Crippen LogP contribution in [0.25, 0.3) is 0 Å². The Bertz CT molecular complexity index is 318. The summed E-state index contributed by atoms with van der Waals surface area (Å²) in [6.07, 6.45) is 6.15. The summed E-state index contributed by atoms with van der Waals surface area (Å²) in [5.41, 5.74) is 8.78. The summed E-state index contributed by atoms with van der Waals surface area (Å²) < 4.78 is 0. The highest BCUT2D eigenvalue weighted by Gasteiger charge is 2.39. The molecule has 1 saturated carbocycles. The van der Waals surface area contributed by atoms with E-state index < -0.39 is 0 Å². The van der Waals surface area contributed by atoms with Crippen molar-refractivity contribution in [2.45, 2.75) is 24.7 Å². The first kappa shape index (κ1) is 9.91. The number of hydrogen-bond acceptors (Lipinski definition) is 2. The molecule has 1 nitrogen and oxygen atoms in total. The quantitative estimate of drug-likeness (QED) is 0.771. The van der Waals surface area contributed by atoms with Gasteiger partial charge in [0.2, 0.25) is 0 Å². The predicted octanol–water partition coefficient (Wildman–Crippen LogP) is 3.05. The molecule has 76 valence electrons. The van der Waals surface area contributed by atoms with Crippen LogP contribution in [0.1, 0.15) is 24.8 Å². The molecule has 0 radical (unpaired) electrons. The van der Waals surface area contributed by atoms with Crippen LogP contribution in [0.15, 0.2) is 24.3 Å². The van der Waals surface area contributed by atoms with Gasteiger partial charge in [0.05, 0.1) is 0 Å². The van der Waals surface area contributed by atoms with Gasteiger partial charge in [-0.1, -0.05) is 24.6 Å². The van der Waals surface area contributed by atoms with Crippen molar-refractivity contribution < 1.29 is 0 Å². The molecular weight excluding hydrogens is 190 g/mol. The second kappa shape index (κ2) is 3.85. The average Bonchev–Trinajstić information content (AvgIpc) is 2.13. The monoisotopic (exact) mass is 207 g/mol. The van der Waals surface area contributed by atoms with Crippen LogP contribution in [0.4, 0.5) is 5.69 Å². The Hall–Kier alpha value is -0.630. The fourth-order valence-electron chi connectivity index (χ4n) is 2.35. The van der Waals surface area contributed by atoms with E-state index in [1.165, 1.54) is 30.6 Å². The standard InChI is InChI=1S/C12H17NS/c1-14-9-12(7-4-8-12)10-5-2-3-6-11(10)13/h2-3,5-6H,4,7-9,13H2,1H3. The molecule has 0 spiro atoms. The lowest BCUT2D eigenvalue weighted by atomic mass is 9.65. The van der Waals surface area contributed by atoms with Crippen LogP contribution in [0.3, 0.4) is 0 Å². The number of anilines is 1. The van der Waals surface area contributed by atoms with E-state index in [-0.39, 0.29) is 0 Å². The summed E-state index contributed by atoms with van der Waals surface area (Å²) in [5, 5.41) is 0. The Labute approximate surface area is 90.1 Å². The topological polar surface area (TPSA) is 26.0 Å². The lowest BCUT2D eigenvalue weighted by Gasteiger charge is -2.42. The highest BCUT2D eigenvalue weighted by atomic mass is 32.2. The molecule has 0 heterocycles.